The van der Waals surface area contributed by atoms with Gasteiger partial charge in [-0.1, -0.05) is 12.1 Å². The third-order valence-electron chi connectivity index (χ3n) is 3.74. The summed E-state index contributed by atoms with van der Waals surface area (Å²) in [4.78, 5) is 23.0. The molecule has 1 aromatic heterocycles. The van der Waals surface area contributed by atoms with Gasteiger partial charge in [0.15, 0.2) is 0 Å². The molecule has 1 aliphatic rings. The van der Waals surface area contributed by atoms with Crippen LogP contribution in [0.25, 0.3) is 0 Å². The Morgan fingerprint density at radius 2 is 2.19 bits per heavy atom. The van der Waals surface area contributed by atoms with Crippen LogP contribution in [0.15, 0.2) is 41.1 Å². The van der Waals surface area contributed by atoms with Gasteiger partial charge in [0.2, 0.25) is 5.91 Å². The number of benzene rings is 1. The topological polar surface area (TPSA) is 66.4 Å². The standard InChI is InChI=1S/C16H15NO3S/c18-15(14-7-13(14)12-4-5-21-9-12)17-8-10-2-1-3-11(6-10)16(19)20/h1-6,9,13-14H,7-8H2,(H,17,18)(H,19,20)/t13-,14+/m0/s1. The van der Waals surface area contributed by atoms with E-state index in [1.54, 1.807) is 29.5 Å². The summed E-state index contributed by atoms with van der Waals surface area (Å²) < 4.78 is 0. The number of nitrogens with one attached hydrogen (secondary N) is 1. The summed E-state index contributed by atoms with van der Waals surface area (Å²) in [6, 6.07) is 8.71. The number of carbonyl (C=O) groups is 2. The number of carboxylic acids is 1. The highest BCUT2D eigenvalue weighted by Gasteiger charge is 2.43. The van der Waals surface area contributed by atoms with Gasteiger partial charge in [-0.05, 0) is 52.4 Å². The quantitative estimate of drug-likeness (QED) is 0.892. The maximum Gasteiger partial charge on any atom is 0.335 e. The molecule has 21 heavy (non-hydrogen) atoms. The third kappa shape index (κ3) is 3.13. The summed E-state index contributed by atoms with van der Waals surface area (Å²) in [5.74, 6) is -0.501. The molecule has 0 radical (unpaired) electrons. The molecule has 1 amide bonds. The van der Waals surface area contributed by atoms with E-state index in [2.05, 4.69) is 16.8 Å². The first-order valence-corrected chi connectivity index (χ1v) is 7.71. The van der Waals surface area contributed by atoms with E-state index in [0.717, 1.165) is 12.0 Å². The van der Waals surface area contributed by atoms with E-state index in [0.29, 0.717) is 12.5 Å². The Kier molecular flexibility index (Phi) is 3.75. The van der Waals surface area contributed by atoms with Gasteiger partial charge in [0.05, 0.1) is 5.56 Å². The highest BCUT2D eigenvalue weighted by atomic mass is 32.1. The lowest BCUT2D eigenvalue weighted by Gasteiger charge is -2.06. The van der Waals surface area contributed by atoms with Gasteiger partial charge in [-0.2, -0.15) is 11.3 Å². The molecule has 3 rings (SSSR count). The summed E-state index contributed by atoms with van der Waals surface area (Å²) in [5, 5.41) is 15.9. The van der Waals surface area contributed by atoms with Crippen molar-refractivity contribution < 1.29 is 14.7 Å². The molecule has 1 aliphatic carbocycles. The van der Waals surface area contributed by atoms with Gasteiger partial charge in [-0.3, -0.25) is 4.79 Å². The van der Waals surface area contributed by atoms with Crippen LogP contribution in [0.5, 0.6) is 0 Å². The second-order valence-electron chi connectivity index (χ2n) is 5.23. The largest absolute Gasteiger partial charge is 0.478 e. The molecule has 4 nitrogen and oxygen atoms in total. The Balaban J connectivity index is 1.55. The van der Waals surface area contributed by atoms with Crippen molar-refractivity contribution in [3.8, 4) is 0 Å². The van der Waals surface area contributed by atoms with Crippen molar-refractivity contribution in [1.82, 2.24) is 5.32 Å². The van der Waals surface area contributed by atoms with Gasteiger partial charge in [-0.15, -0.1) is 0 Å². The minimum atomic E-state index is -0.956. The average Bonchev–Trinajstić information content (AvgIpc) is 3.11. The molecule has 1 heterocycles. The molecule has 2 atom stereocenters. The molecule has 1 saturated carbocycles. The van der Waals surface area contributed by atoms with Crippen molar-refractivity contribution in [3.05, 3.63) is 57.8 Å². The summed E-state index contributed by atoms with van der Waals surface area (Å²) >= 11 is 1.65. The maximum absolute atomic E-state index is 12.1. The predicted molar refractivity (Wildman–Crippen MR) is 80.4 cm³/mol. The zero-order chi connectivity index (χ0) is 14.8. The Labute approximate surface area is 126 Å². The predicted octanol–water partition coefficient (Wildman–Crippen LogP) is 2.87. The van der Waals surface area contributed by atoms with Crippen molar-refractivity contribution in [2.75, 3.05) is 0 Å². The van der Waals surface area contributed by atoms with E-state index in [1.807, 2.05) is 11.4 Å². The lowest BCUT2D eigenvalue weighted by atomic mass is 10.1. The number of aromatic carboxylic acids is 1. The first-order chi connectivity index (χ1) is 10.1. The monoisotopic (exact) mass is 301 g/mol. The maximum atomic E-state index is 12.1. The Hall–Kier alpha value is -2.14. The Morgan fingerprint density at radius 3 is 2.90 bits per heavy atom. The van der Waals surface area contributed by atoms with Crippen LogP contribution in [0, 0.1) is 5.92 Å². The fourth-order valence-electron chi connectivity index (χ4n) is 2.47. The van der Waals surface area contributed by atoms with Crippen molar-refractivity contribution in [2.45, 2.75) is 18.9 Å². The minimum Gasteiger partial charge on any atom is -0.478 e. The number of carbonyl (C=O) groups excluding carboxylic acids is 1. The molecular weight excluding hydrogens is 286 g/mol. The number of thiophene rings is 1. The van der Waals surface area contributed by atoms with Crippen LogP contribution in [0.3, 0.4) is 0 Å². The molecule has 2 aromatic rings. The molecule has 2 N–H and O–H groups in total. The molecular formula is C16H15NO3S. The Bertz CT molecular complexity index is 666. The van der Waals surface area contributed by atoms with Gasteiger partial charge in [0.1, 0.15) is 0 Å². The summed E-state index contributed by atoms with van der Waals surface area (Å²) in [6.07, 6.45) is 0.901. The molecule has 0 bridgehead atoms. The van der Waals surface area contributed by atoms with Gasteiger partial charge in [0.25, 0.3) is 0 Å². The second kappa shape index (κ2) is 5.69. The average molecular weight is 301 g/mol. The first-order valence-electron chi connectivity index (χ1n) is 6.77. The molecule has 108 valence electrons. The number of hydrogen-bond donors (Lipinski definition) is 2. The molecule has 5 heteroatoms. The fraction of sp³-hybridized carbons (Fsp3) is 0.250. The zero-order valence-corrected chi connectivity index (χ0v) is 12.1. The van der Waals surface area contributed by atoms with Crippen LogP contribution in [0.2, 0.25) is 0 Å². The molecule has 0 saturated heterocycles. The lowest BCUT2D eigenvalue weighted by Crippen LogP contribution is -2.24. The summed E-state index contributed by atoms with van der Waals surface area (Å²) in [5.41, 5.74) is 2.29. The molecule has 0 aliphatic heterocycles. The number of amides is 1. The van der Waals surface area contributed by atoms with Crippen molar-refractivity contribution >= 4 is 23.2 Å². The van der Waals surface area contributed by atoms with Crippen LogP contribution in [0.1, 0.15) is 33.8 Å². The molecule has 0 spiro atoms. The van der Waals surface area contributed by atoms with Crippen LogP contribution in [0.4, 0.5) is 0 Å². The number of rotatable bonds is 5. The van der Waals surface area contributed by atoms with E-state index < -0.39 is 5.97 Å². The lowest BCUT2D eigenvalue weighted by molar-refractivity contribution is -0.122. The minimum absolute atomic E-state index is 0.0481. The van der Waals surface area contributed by atoms with Crippen molar-refractivity contribution in [2.24, 2.45) is 5.92 Å². The van der Waals surface area contributed by atoms with E-state index in [1.165, 1.54) is 5.56 Å². The van der Waals surface area contributed by atoms with E-state index in [4.69, 9.17) is 5.11 Å². The second-order valence-corrected chi connectivity index (χ2v) is 6.01. The van der Waals surface area contributed by atoms with E-state index in [-0.39, 0.29) is 17.4 Å². The highest BCUT2D eigenvalue weighted by molar-refractivity contribution is 7.08. The van der Waals surface area contributed by atoms with Crippen LogP contribution >= 0.6 is 11.3 Å². The number of hydrogen-bond acceptors (Lipinski definition) is 3. The summed E-state index contributed by atoms with van der Waals surface area (Å²) in [7, 11) is 0. The van der Waals surface area contributed by atoms with Crippen LogP contribution < -0.4 is 5.32 Å². The van der Waals surface area contributed by atoms with Crippen molar-refractivity contribution in [3.63, 3.8) is 0 Å². The SMILES string of the molecule is O=C(O)c1cccc(CNC(=O)[C@@H]2C[C@H]2c2ccsc2)c1. The van der Waals surface area contributed by atoms with E-state index >= 15 is 0 Å². The molecule has 1 aromatic carbocycles. The molecule has 0 unspecified atom stereocenters. The van der Waals surface area contributed by atoms with Gasteiger partial charge < -0.3 is 10.4 Å². The summed E-state index contributed by atoms with van der Waals surface area (Å²) in [6.45, 7) is 0.368. The molecule has 1 fully saturated rings. The Morgan fingerprint density at radius 1 is 1.33 bits per heavy atom. The third-order valence-corrected chi connectivity index (χ3v) is 4.44. The normalized spacial score (nSPS) is 20.0. The number of carboxylic acid groups (broad SMARTS) is 1. The van der Waals surface area contributed by atoms with Gasteiger partial charge in [-0.25, -0.2) is 4.79 Å². The van der Waals surface area contributed by atoms with Crippen molar-refractivity contribution in [1.29, 1.82) is 0 Å². The van der Waals surface area contributed by atoms with Crippen LogP contribution in [-0.2, 0) is 11.3 Å². The fourth-order valence-corrected chi connectivity index (χ4v) is 3.20. The first kappa shape index (κ1) is 13.8. The van der Waals surface area contributed by atoms with Gasteiger partial charge >= 0.3 is 5.97 Å². The van der Waals surface area contributed by atoms with E-state index in [9.17, 15) is 9.59 Å². The zero-order valence-electron chi connectivity index (χ0n) is 11.3. The van der Waals surface area contributed by atoms with Crippen LogP contribution in [-0.4, -0.2) is 17.0 Å². The highest BCUT2D eigenvalue weighted by Crippen LogP contribution is 2.48. The smallest absolute Gasteiger partial charge is 0.335 e. The van der Waals surface area contributed by atoms with Gasteiger partial charge in [0, 0.05) is 12.5 Å².